The molecule has 5 heteroatoms. The molecule has 0 aromatic rings. The highest BCUT2D eigenvalue weighted by Gasteiger charge is 1.62. The summed E-state index contributed by atoms with van der Waals surface area (Å²) in [7, 11) is 0. The zero-order chi connectivity index (χ0) is 3.58. The molecule has 0 rings (SSSR count). The average Bonchev–Trinajstić information content (AvgIpc) is 0.811. The molecule has 0 aromatic heterocycles. The second-order valence-corrected chi connectivity index (χ2v) is 0.692. The SMILES string of the molecule is O.O=S(O)O. The fourth-order valence-electron chi connectivity index (χ4n) is 0. The minimum absolute atomic E-state index is 0. The van der Waals surface area contributed by atoms with Gasteiger partial charge in [0.25, 0.3) is 11.4 Å². The molecule has 0 fully saturated rings. The summed E-state index contributed by atoms with van der Waals surface area (Å²) in [6.07, 6.45) is 0. The van der Waals surface area contributed by atoms with Gasteiger partial charge in [-0.1, -0.05) is 0 Å². The molecule has 0 heterocycles. The minimum atomic E-state index is -2.61. The number of hydrogen-bond donors (Lipinski definition) is 2. The zero-order valence-corrected chi connectivity index (χ0v) is 3.03. The van der Waals surface area contributed by atoms with Crippen molar-refractivity contribution >= 4 is 11.4 Å². The van der Waals surface area contributed by atoms with E-state index in [1.54, 1.807) is 0 Å². The van der Waals surface area contributed by atoms with E-state index in [9.17, 15) is 0 Å². The van der Waals surface area contributed by atoms with Gasteiger partial charge in [0.2, 0.25) is 0 Å². The predicted octanol–water partition coefficient (Wildman–Crippen LogP) is -1.14. The van der Waals surface area contributed by atoms with Gasteiger partial charge in [0, 0.05) is 0 Å². The van der Waals surface area contributed by atoms with Crippen LogP contribution in [0.2, 0.25) is 0 Å². The van der Waals surface area contributed by atoms with Crippen LogP contribution in [0.1, 0.15) is 0 Å². The quantitative estimate of drug-likeness (QED) is 0.377. The van der Waals surface area contributed by atoms with Crippen LogP contribution in [0, 0.1) is 0 Å². The van der Waals surface area contributed by atoms with E-state index < -0.39 is 11.4 Å². The van der Waals surface area contributed by atoms with Crippen molar-refractivity contribution in [2.75, 3.05) is 0 Å². The molecule has 0 aliphatic rings. The van der Waals surface area contributed by atoms with Crippen LogP contribution >= 0.6 is 0 Å². The molecule has 5 heavy (non-hydrogen) atoms. The normalized spacial score (nSPS) is 7.00. The Kier molecular flexibility index (Phi) is 7.17. The third-order valence-corrected chi connectivity index (χ3v) is 0. The fourth-order valence-corrected chi connectivity index (χ4v) is 0. The first-order valence-electron chi connectivity index (χ1n) is 0.532. The van der Waals surface area contributed by atoms with Gasteiger partial charge in [0.15, 0.2) is 0 Å². The Morgan fingerprint density at radius 2 is 1.40 bits per heavy atom. The fraction of sp³-hybridized carbons (Fsp3) is 0. The molecule has 0 unspecified atom stereocenters. The standard InChI is InChI=1S/H2O3S.H2O/c1-4(2)3;/h(H2,1,2,3);1H2. The van der Waals surface area contributed by atoms with E-state index in [1.807, 2.05) is 0 Å². The van der Waals surface area contributed by atoms with Crippen LogP contribution in [0.4, 0.5) is 0 Å². The highest BCUT2D eigenvalue weighted by molar-refractivity contribution is 7.73. The first kappa shape index (κ1) is 8.90. The molecule has 0 aliphatic carbocycles. The van der Waals surface area contributed by atoms with Crippen LogP contribution < -0.4 is 0 Å². The summed E-state index contributed by atoms with van der Waals surface area (Å²) in [5.74, 6) is 0. The number of hydrogen-bond acceptors (Lipinski definition) is 1. The maximum absolute atomic E-state index is 8.67. The molecule has 0 saturated carbocycles. The van der Waals surface area contributed by atoms with E-state index in [-0.39, 0.29) is 5.48 Å². The van der Waals surface area contributed by atoms with E-state index in [0.717, 1.165) is 0 Å². The van der Waals surface area contributed by atoms with Crippen molar-refractivity contribution in [1.82, 2.24) is 0 Å². The van der Waals surface area contributed by atoms with Crippen molar-refractivity contribution in [3.63, 3.8) is 0 Å². The van der Waals surface area contributed by atoms with Crippen LogP contribution in [-0.4, -0.2) is 18.8 Å². The van der Waals surface area contributed by atoms with Crippen molar-refractivity contribution in [3.8, 4) is 0 Å². The van der Waals surface area contributed by atoms with Gasteiger partial charge in [-0.05, 0) is 0 Å². The summed E-state index contributed by atoms with van der Waals surface area (Å²) in [6, 6.07) is 0. The Morgan fingerprint density at radius 3 is 1.40 bits per heavy atom. The Hall–Kier alpha value is 0.0300. The molecule has 0 atom stereocenters. The molecular formula is H4O4S. The molecule has 0 aliphatic heterocycles. The van der Waals surface area contributed by atoms with Gasteiger partial charge >= 0.3 is 0 Å². The van der Waals surface area contributed by atoms with Crippen LogP contribution in [0.3, 0.4) is 0 Å². The molecule has 34 valence electrons. The average molecular weight is 100 g/mol. The van der Waals surface area contributed by atoms with Crippen molar-refractivity contribution in [2.45, 2.75) is 0 Å². The minimum Gasteiger partial charge on any atom is -0.412 e. The predicted molar refractivity (Wildman–Crippen MR) is 17.0 cm³/mol. The summed E-state index contributed by atoms with van der Waals surface area (Å²) in [5, 5.41) is 0. The molecule has 0 saturated heterocycles. The second kappa shape index (κ2) is 4.03. The van der Waals surface area contributed by atoms with Crippen LogP contribution in [-0.2, 0) is 11.4 Å². The molecule has 0 bridgehead atoms. The largest absolute Gasteiger partial charge is 0.412 e. The summed E-state index contributed by atoms with van der Waals surface area (Å²) >= 11 is -2.61. The molecule has 0 radical (unpaired) electrons. The van der Waals surface area contributed by atoms with Gasteiger partial charge in [-0.15, -0.1) is 0 Å². The van der Waals surface area contributed by atoms with E-state index in [2.05, 4.69) is 0 Å². The molecule has 0 aromatic carbocycles. The first-order chi connectivity index (χ1) is 1.73. The van der Waals surface area contributed by atoms with Crippen molar-refractivity contribution in [1.29, 1.82) is 0 Å². The summed E-state index contributed by atoms with van der Waals surface area (Å²) in [4.78, 5) is 0. The Balaban J connectivity index is 0. The second-order valence-electron chi connectivity index (χ2n) is 0.231. The van der Waals surface area contributed by atoms with E-state index in [0.29, 0.717) is 0 Å². The monoisotopic (exact) mass is 100.0 g/mol. The highest BCUT2D eigenvalue weighted by atomic mass is 32.2. The first-order valence-corrected chi connectivity index (χ1v) is 1.60. The maximum atomic E-state index is 8.67. The van der Waals surface area contributed by atoms with Crippen LogP contribution in [0.5, 0.6) is 0 Å². The van der Waals surface area contributed by atoms with Gasteiger partial charge < -0.3 is 5.48 Å². The molecule has 0 amide bonds. The molecule has 4 nitrogen and oxygen atoms in total. The molecule has 0 spiro atoms. The lowest BCUT2D eigenvalue weighted by molar-refractivity contribution is 0.454. The third kappa shape index (κ3) is 18500. The Bertz CT molecular complexity index is 26.6. The molecule has 4 N–H and O–H groups in total. The van der Waals surface area contributed by atoms with Crippen molar-refractivity contribution in [2.24, 2.45) is 0 Å². The smallest absolute Gasteiger partial charge is 0.299 e. The van der Waals surface area contributed by atoms with Gasteiger partial charge in [0.05, 0.1) is 0 Å². The molecular weight excluding hydrogens is 96.1 g/mol. The Morgan fingerprint density at radius 1 is 1.40 bits per heavy atom. The van der Waals surface area contributed by atoms with E-state index in [4.69, 9.17) is 13.3 Å². The Labute approximate surface area is 31.2 Å². The lowest BCUT2D eigenvalue weighted by Crippen LogP contribution is -1.74. The van der Waals surface area contributed by atoms with Gasteiger partial charge in [-0.25, -0.2) is 0 Å². The van der Waals surface area contributed by atoms with E-state index in [1.165, 1.54) is 0 Å². The summed E-state index contributed by atoms with van der Waals surface area (Å²) in [5.41, 5.74) is 0. The van der Waals surface area contributed by atoms with Crippen LogP contribution in [0.15, 0.2) is 0 Å². The summed E-state index contributed by atoms with van der Waals surface area (Å²) in [6.45, 7) is 0. The summed E-state index contributed by atoms with van der Waals surface area (Å²) < 4.78 is 22.8. The van der Waals surface area contributed by atoms with Crippen molar-refractivity contribution < 1.29 is 18.8 Å². The number of rotatable bonds is 0. The van der Waals surface area contributed by atoms with Crippen LogP contribution in [0.25, 0.3) is 0 Å². The highest BCUT2D eigenvalue weighted by Crippen LogP contribution is 1.44. The topological polar surface area (TPSA) is 89.0 Å². The maximum Gasteiger partial charge on any atom is 0.299 e. The van der Waals surface area contributed by atoms with Crippen molar-refractivity contribution in [3.05, 3.63) is 0 Å². The lowest BCUT2D eigenvalue weighted by atomic mass is 15.8. The van der Waals surface area contributed by atoms with Gasteiger partial charge in [-0.3, -0.25) is 9.11 Å². The van der Waals surface area contributed by atoms with E-state index >= 15 is 0 Å². The third-order valence-electron chi connectivity index (χ3n) is 0. The zero-order valence-electron chi connectivity index (χ0n) is 2.21. The van der Waals surface area contributed by atoms with Gasteiger partial charge in [0.1, 0.15) is 0 Å². The lowest BCUT2D eigenvalue weighted by Gasteiger charge is -1.59. The van der Waals surface area contributed by atoms with Gasteiger partial charge in [-0.2, -0.15) is 4.21 Å².